The van der Waals surface area contributed by atoms with Gasteiger partial charge in [-0.1, -0.05) is 48.6 Å². The zero-order valence-electron chi connectivity index (χ0n) is 8.58. The van der Waals surface area contributed by atoms with Crippen LogP contribution in [-0.4, -0.2) is 20.3 Å². The number of carbonyl (C=O) groups is 1. The first-order valence-electron chi connectivity index (χ1n) is 4.61. The predicted molar refractivity (Wildman–Crippen MR) is 61.1 cm³/mol. The van der Waals surface area contributed by atoms with Crippen molar-refractivity contribution < 1.29 is 4.79 Å². The molecule has 76 valence electrons. The normalized spacial score (nSPS) is 11.0. The Morgan fingerprint density at radius 1 is 1.36 bits per heavy atom. The lowest BCUT2D eigenvalue weighted by molar-refractivity contribution is 0.250. The van der Waals surface area contributed by atoms with Crippen LogP contribution in [0.25, 0.3) is 0 Å². The fourth-order valence-electron chi connectivity index (χ4n) is 1.30. The lowest BCUT2D eigenvalue weighted by Crippen LogP contribution is -2.52. The summed E-state index contributed by atoms with van der Waals surface area (Å²) in [5.74, 6) is 0. The van der Waals surface area contributed by atoms with Crippen molar-refractivity contribution in [2.45, 2.75) is 13.1 Å². The van der Waals surface area contributed by atoms with Gasteiger partial charge in [0, 0.05) is 6.17 Å². The molecular formula is C10H16N2OSi. The molecule has 0 radical (unpaired) electrons. The van der Waals surface area contributed by atoms with Gasteiger partial charge in [-0.25, -0.2) is 4.79 Å². The quantitative estimate of drug-likeness (QED) is 0.710. The monoisotopic (exact) mass is 208 g/mol. The molecule has 2 amide bonds. The van der Waals surface area contributed by atoms with Crippen molar-refractivity contribution in [3.8, 4) is 0 Å². The second-order valence-electron chi connectivity index (χ2n) is 3.97. The SMILES string of the molecule is C[Si](C)(CNC(N)=O)c1ccccc1. The van der Waals surface area contributed by atoms with E-state index in [1.807, 2.05) is 18.2 Å². The largest absolute Gasteiger partial charge is 0.352 e. The van der Waals surface area contributed by atoms with Gasteiger partial charge in [0.05, 0.1) is 0 Å². The first-order chi connectivity index (χ1) is 6.52. The van der Waals surface area contributed by atoms with E-state index >= 15 is 0 Å². The molecule has 0 atom stereocenters. The predicted octanol–water partition coefficient (Wildman–Crippen LogP) is 0.809. The maximum Gasteiger partial charge on any atom is 0.311 e. The average molecular weight is 208 g/mol. The molecule has 4 heteroatoms. The van der Waals surface area contributed by atoms with Crippen LogP contribution in [0.5, 0.6) is 0 Å². The van der Waals surface area contributed by atoms with E-state index in [9.17, 15) is 4.79 Å². The number of hydrogen-bond donors (Lipinski definition) is 2. The van der Waals surface area contributed by atoms with Gasteiger partial charge in [-0.2, -0.15) is 0 Å². The summed E-state index contributed by atoms with van der Waals surface area (Å²) in [6.07, 6.45) is 0.687. The topological polar surface area (TPSA) is 55.1 Å². The Bertz CT molecular complexity index is 311. The van der Waals surface area contributed by atoms with Gasteiger partial charge in [0.1, 0.15) is 8.07 Å². The Kier molecular flexibility index (Phi) is 3.30. The maximum absolute atomic E-state index is 10.6. The van der Waals surface area contributed by atoms with E-state index in [-0.39, 0.29) is 0 Å². The molecule has 14 heavy (non-hydrogen) atoms. The Morgan fingerprint density at radius 3 is 2.43 bits per heavy atom. The van der Waals surface area contributed by atoms with Gasteiger partial charge < -0.3 is 11.1 Å². The Balaban J connectivity index is 2.70. The second-order valence-corrected chi connectivity index (χ2v) is 8.67. The van der Waals surface area contributed by atoms with Crippen LogP contribution in [-0.2, 0) is 0 Å². The highest BCUT2D eigenvalue weighted by molar-refractivity contribution is 6.90. The number of rotatable bonds is 3. The van der Waals surface area contributed by atoms with E-state index in [0.29, 0.717) is 6.17 Å². The zero-order valence-corrected chi connectivity index (χ0v) is 9.58. The van der Waals surface area contributed by atoms with Crippen LogP contribution < -0.4 is 16.2 Å². The van der Waals surface area contributed by atoms with Crippen molar-refractivity contribution in [3.05, 3.63) is 30.3 Å². The molecule has 0 aliphatic rings. The summed E-state index contributed by atoms with van der Waals surface area (Å²) in [7, 11) is -1.55. The number of hydrogen-bond acceptors (Lipinski definition) is 1. The Morgan fingerprint density at radius 2 is 1.93 bits per heavy atom. The minimum Gasteiger partial charge on any atom is -0.352 e. The summed E-state index contributed by atoms with van der Waals surface area (Å²) in [5.41, 5.74) is 5.05. The van der Waals surface area contributed by atoms with Crippen molar-refractivity contribution in [2.75, 3.05) is 6.17 Å². The van der Waals surface area contributed by atoms with Gasteiger partial charge in [-0.05, 0) is 0 Å². The number of nitrogens with one attached hydrogen (secondary N) is 1. The highest BCUT2D eigenvalue weighted by atomic mass is 28.3. The van der Waals surface area contributed by atoms with Gasteiger partial charge in [0.15, 0.2) is 0 Å². The first kappa shape index (κ1) is 10.8. The maximum atomic E-state index is 10.6. The smallest absolute Gasteiger partial charge is 0.311 e. The van der Waals surface area contributed by atoms with Crippen molar-refractivity contribution in [1.82, 2.24) is 5.32 Å². The molecule has 1 aromatic carbocycles. The van der Waals surface area contributed by atoms with Crippen LogP contribution in [0, 0.1) is 0 Å². The highest BCUT2D eigenvalue weighted by Gasteiger charge is 2.23. The highest BCUT2D eigenvalue weighted by Crippen LogP contribution is 2.01. The Labute approximate surface area is 85.3 Å². The molecule has 0 fully saturated rings. The molecule has 0 saturated carbocycles. The van der Waals surface area contributed by atoms with Crippen molar-refractivity contribution in [1.29, 1.82) is 0 Å². The average Bonchev–Trinajstić information content (AvgIpc) is 2.16. The number of carbonyl (C=O) groups excluding carboxylic acids is 1. The minimum absolute atomic E-state index is 0.443. The fourth-order valence-corrected chi connectivity index (χ4v) is 3.21. The van der Waals surface area contributed by atoms with Gasteiger partial charge in [-0.3, -0.25) is 0 Å². The van der Waals surface area contributed by atoms with E-state index in [4.69, 9.17) is 5.73 Å². The molecule has 0 spiro atoms. The van der Waals surface area contributed by atoms with Crippen LogP contribution in [0.3, 0.4) is 0 Å². The van der Waals surface area contributed by atoms with Crippen LogP contribution >= 0.6 is 0 Å². The van der Waals surface area contributed by atoms with E-state index in [0.717, 1.165) is 0 Å². The molecule has 0 aliphatic carbocycles. The van der Waals surface area contributed by atoms with Crippen LogP contribution in [0.2, 0.25) is 13.1 Å². The van der Waals surface area contributed by atoms with E-state index in [1.165, 1.54) is 5.19 Å². The third kappa shape index (κ3) is 2.88. The van der Waals surface area contributed by atoms with E-state index in [2.05, 4.69) is 30.5 Å². The summed E-state index contributed by atoms with van der Waals surface area (Å²) in [6, 6.07) is 9.81. The summed E-state index contributed by atoms with van der Waals surface area (Å²) in [4.78, 5) is 10.6. The number of amides is 2. The van der Waals surface area contributed by atoms with Crippen LogP contribution in [0.15, 0.2) is 30.3 Å². The molecule has 3 N–H and O–H groups in total. The molecule has 0 aromatic heterocycles. The summed E-state index contributed by atoms with van der Waals surface area (Å²) in [5, 5.41) is 4.01. The lowest BCUT2D eigenvalue weighted by atomic mass is 10.4. The van der Waals surface area contributed by atoms with Gasteiger partial charge in [0.2, 0.25) is 0 Å². The molecule has 0 heterocycles. The molecule has 0 bridgehead atoms. The second kappa shape index (κ2) is 4.28. The van der Waals surface area contributed by atoms with Crippen LogP contribution in [0.4, 0.5) is 4.79 Å². The molecule has 1 aromatic rings. The van der Waals surface area contributed by atoms with Gasteiger partial charge in [0.25, 0.3) is 0 Å². The van der Waals surface area contributed by atoms with E-state index in [1.54, 1.807) is 0 Å². The summed E-state index contributed by atoms with van der Waals surface area (Å²) < 4.78 is 0. The van der Waals surface area contributed by atoms with Crippen molar-refractivity contribution in [2.24, 2.45) is 5.73 Å². The summed E-state index contributed by atoms with van der Waals surface area (Å²) >= 11 is 0. The molecule has 0 unspecified atom stereocenters. The third-order valence-electron chi connectivity index (χ3n) is 2.26. The van der Waals surface area contributed by atoms with E-state index < -0.39 is 14.1 Å². The van der Waals surface area contributed by atoms with Gasteiger partial charge >= 0.3 is 6.03 Å². The molecule has 0 aliphatic heterocycles. The zero-order chi connectivity index (χ0) is 10.6. The lowest BCUT2D eigenvalue weighted by Gasteiger charge is -2.22. The van der Waals surface area contributed by atoms with Gasteiger partial charge in [-0.15, -0.1) is 0 Å². The van der Waals surface area contributed by atoms with Crippen LogP contribution in [0.1, 0.15) is 0 Å². The number of primary amides is 1. The standard InChI is InChI=1S/C10H16N2OSi/c1-14(2,8-12-10(11)13)9-6-4-3-5-7-9/h3-7H,8H2,1-2H3,(H3,11,12,13). The summed E-state index contributed by atoms with van der Waals surface area (Å²) in [6.45, 7) is 4.41. The van der Waals surface area contributed by atoms with Crippen molar-refractivity contribution in [3.63, 3.8) is 0 Å². The molecular weight excluding hydrogens is 192 g/mol. The fraction of sp³-hybridized carbons (Fsp3) is 0.300. The third-order valence-corrected chi connectivity index (χ3v) is 5.22. The number of urea groups is 1. The molecule has 0 saturated heterocycles. The molecule has 3 nitrogen and oxygen atoms in total. The number of nitrogens with two attached hydrogens (primary N) is 1. The molecule has 1 rings (SSSR count). The Hall–Kier alpha value is -1.29. The first-order valence-corrected chi connectivity index (χ1v) is 7.82. The number of benzene rings is 1. The minimum atomic E-state index is -1.55. The van der Waals surface area contributed by atoms with Crippen molar-refractivity contribution >= 4 is 19.3 Å².